The first-order valence-corrected chi connectivity index (χ1v) is 6.72. The Balaban J connectivity index is 2.16. The van der Waals surface area contributed by atoms with Crippen LogP contribution in [0.15, 0.2) is 12.1 Å². The molecule has 0 aliphatic heterocycles. The lowest BCUT2D eigenvalue weighted by molar-refractivity contribution is 0.177. The average molecular weight is 249 g/mol. The van der Waals surface area contributed by atoms with Crippen molar-refractivity contribution >= 4 is 0 Å². The van der Waals surface area contributed by atoms with Gasteiger partial charge in [0.1, 0.15) is 5.75 Å². The quantitative estimate of drug-likeness (QED) is 0.843. The van der Waals surface area contributed by atoms with E-state index < -0.39 is 0 Å². The van der Waals surface area contributed by atoms with Gasteiger partial charge in [-0.1, -0.05) is 12.5 Å². The largest absolute Gasteiger partial charge is 0.493 e. The summed E-state index contributed by atoms with van der Waals surface area (Å²) in [5.74, 6) is 1.54. The number of rotatable bonds is 5. The summed E-state index contributed by atoms with van der Waals surface area (Å²) >= 11 is 0. The van der Waals surface area contributed by atoms with Crippen molar-refractivity contribution in [2.24, 2.45) is 11.7 Å². The van der Waals surface area contributed by atoms with Crippen LogP contribution in [0.1, 0.15) is 42.0 Å². The summed E-state index contributed by atoms with van der Waals surface area (Å²) < 4.78 is 5.91. The van der Waals surface area contributed by atoms with Crippen LogP contribution < -0.4 is 10.5 Å². The molecule has 1 atom stereocenters. The highest BCUT2D eigenvalue weighted by Crippen LogP contribution is 2.31. The van der Waals surface area contributed by atoms with Crippen LogP contribution in [0, 0.1) is 19.8 Å². The van der Waals surface area contributed by atoms with Gasteiger partial charge in [0.25, 0.3) is 0 Å². The first kappa shape index (κ1) is 13.4. The summed E-state index contributed by atoms with van der Waals surface area (Å²) in [4.78, 5) is 0. The number of benzene rings is 1. The van der Waals surface area contributed by atoms with Crippen molar-refractivity contribution in [3.63, 3.8) is 0 Å². The summed E-state index contributed by atoms with van der Waals surface area (Å²) in [6.45, 7) is 4.84. The molecule has 0 amide bonds. The van der Waals surface area contributed by atoms with Crippen molar-refractivity contribution in [1.29, 1.82) is 0 Å². The van der Waals surface area contributed by atoms with E-state index in [0.717, 1.165) is 17.9 Å². The zero-order valence-corrected chi connectivity index (χ0v) is 11.3. The Morgan fingerprint density at radius 1 is 1.33 bits per heavy atom. The third-order valence-corrected chi connectivity index (χ3v) is 3.92. The highest BCUT2D eigenvalue weighted by atomic mass is 16.5. The first-order chi connectivity index (χ1) is 8.61. The smallest absolute Gasteiger partial charge is 0.124 e. The Hall–Kier alpha value is -1.06. The zero-order chi connectivity index (χ0) is 13.1. The molecule has 100 valence electrons. The fraction of sp³-hybridized carbons (Fsp3) is 0.600. The Bertz CT molecular complexity index is 413. The summed E-state index contributed by atoms with van der Waals surface area (Å²) in [7, 11) is 0. The number of aliphatic hydroxyl groups is 1. The SMILES string of the molecule is Cc1cc(OCC2CCC2)c(C(N)CO)cc1C. The van der Waals surface area contributed by atoms with Crippen molar-refractivity contribution < 1.29 is 9.84 Å². The molecule has 1 aromatic carbocycles. The minimum absolute atomic E-state index is 0.0533. The predicted octanol–water partition coefficient (Wildman–Crippen LogP) is 2.47. The van der Waals surface area contributed by atoms with Crippen LogP contribution in [0.2, 0.25) is 0 Å². The molecule has 0 aromatic heterocycles. The Morgan fingerprint density at radius 2 is 2.00 bits per heavy atom. The lowest BCUT2D eigenvalue weighted by atomic mass is 9.86. The highest BCUT2D eigenvalue weighted by molar-refractivity contribution is 5.43. The molecule has 3 nitrogen and oxygen atoms in total. The number of aliphatic hydroxyl groups excluding tert-OH is 1. The van der Waals surface area contributed by atoms with Crippen LogP contribution in [-0.4, -0.2) is 18.3 Å². The molecule has 1 saturated carbocycles. The third-order valence-electron chi connectivity index (χ3n) is 3.92. The molecule has 1 aliphatic carbocycles. The molecule has 1 fully saturated rings. The van der Waals surface area contributed by atoms with Gasteiger partial charge in [-0.05, 0) is 49.8 Å². The van der Waals surface area contributed by atoms with E-state index >= 15 is 0 Å². The molecule has 3 heteroatoms. The van der Waals surface area contributed by atoms with Gasteiger partial charge in [-0.3, -0.25) is 0 Å². The van der Waals surface area contributed by atoms with Crippen LogP contribution in [0.25, 0.3) is 0 Å². The van der Waals surface area contributed by atoms with E-state index in [4.69, 9.17) is 10.5 Å². The minimum atomic E-state index is -0.360. The molecule has 0 heterocycles. The molecular weight excluding hydrogens is 226 g/mol. The molecule has 0 bridgehead atoms. The van der Waals surface area contributed by atoms with E-state index in [1.165, 1.54) is 30.4 Å². The fourth-order valence-electron chi connectivity index (χ4n) is 2.19. The zero-order valence-electron chi connectivity index (χ0n) is 11.3. The van der Waals surface area contributed by atoms with Gasteiger partial charge in [0.15, 0.2) is 0 Å². The lowest BCUT2D eigenvalue weighted by Crippen LogP contribution is -2.21. The number of aryl methyl sites for hydroxylation is 2. The molecule has 1 aliphatic rings. The summed E-state index contributed by atoms with van der Waals surface area (Å²) in [5, 5.41) is 9.23. The Morgan fingerprint density at radius 3 is 2.56 bits per heavy atom. The second kappa shape index (κ2) is 5.72. The van der Waals surface area contributed by atoms with Crippen LogP contribution in [0.4, 0.5) is 0 Å². The van der Waals surface area contributed by atoms with Crippen LogP contribution >= 0.6 is 0 Å². The van der Waals surface area contributed by atoms with Gasteiger partial charge in [-0.25, -0.2) is 0 Å². The maximum Gasteiger partial charge on any atom is 0.124 e. The van der Waals surface area contributed by atoms with E-state index in [1.807, 2.05) is 12.1 Å². The van der Waals surface area contributed by atoms with Crippen molar-refractivity contribution in [3.05, 3.63) is 28.8 Å². The van der Waals surface area contributed by atoms with E-state index in [2.05, 4.69) is 13.8 Å². The van der Waals surface area contributed by atoms with Gasteiger partial charge in [0.05, 0.1) is 19.3 Å². The number of ether oxygens (including phenoxy) is 1. The van der Waals surface area contributed by atoms with E-state index in [9.17, 15) is 5.11 Å². The number of nitrogens with two attached hydrogens (primary N) is 1. The van der Waals surface area contributed by atoms with Gasteiger partial charge in [0, 0.05) is 5.56 Å². The second-order valence-electron chi connectivity index (χ2n) is 5.37. The molecule has 1 unspecified atom stereocenters. The second-order valence-corrected chi connectivity index (χ2v) is 5.37. The minimum Gasteiger partial charge on any atom is -0.493 e. The van der Waals surface area contributed by atoms with Crippen molar-refractivity contribution in [2.45, 2.75) is 39.2 Å². The fourth-order valence-corrected chi connectivity index (χ4v) is 2.19. The van der Waals surface area contributed by atoms with Gasteiger partial charge in [-0.2, -0.15) is 0 Å². The van der Waals surface area contributed by atoms with Crippen molar-refractivity contribution in [2.75, 3.05) is 13.2 Å². The lowest BCUT2D eigenvalue weighted by Gasteiger charge is -2.26. The average Bonchev–Trinajstić information content (AvgIpc) is 2.30. The Kier molecular flexibility index (Phi) is 4.25. The van der Waals surface area contributed by atoms with Gasteiger partial charge < -0.3 is 15.6 Å². The summed E-state index contributed by atoms with van der Waals surface area (Å²) in [6.07, 6.45) is 3.86. The molecule has 0 saturated heterocycles. The topological polar surface area (TPSA) is 55.5 Å². The van der Waals surface area contributed by atoms with E-state index in [-0.39, 0.29) is 12.6 Å². The number of hydrogen-bond acceptors (Lipinski definition) is 3. The summed E-state index contributed by atoms with van der Waals surface area (Å²) in [5.41, 5.74) is 9.24. The molecular formula is C15H23NO2. The number of hydrogen-bond donors (Lipinski definition) is 2. The standard InChI is InChI=1S/C15H23NO2/c1-10-6-13(14(16)8-17)15(7-11(10)2)18-9-12-4-3-5-12/h6-7,12,14,17H,3-5,8-9,16H2,1-2H3. The normalized spacial score (nSPS) is 17.3. The van der Waals surface area contributed by atoms with E-state index in [1.54, 1.807) is 0 Å². The van der Waals surface area contributed by atoms with Crippen LogP contribution in [0.3, 0.4) is 0 Å². The van der Waals surface area contributed by atoms with Crippen molar-refractivity contribution in [1.82, 2.24) is 0 Å². The maximum atomic E-state index is 9.23. The first-order valence-electron chi connectivity index (χ1n) is 6.72. The Labute approximate surface area is 109 Å². The van der Waals surface area contributed by atoms with Crippen LogP contribution in [-0.2, 0) is 0 Å². The molecule has 2 rings (SSSR count). The van der Waals surface area contributed by atoms with E-state index in [0.29, 0.717) is 5.92 Å². The van der Waals surface area contributed by atoms with Crippen molar-refractivity contribution in [3.8, 4) is 5.75 Å². The highest BCUT2D eigenvalue weighted by Gasteiger charge is 2.20. The molecule has 1 aromatic rings. The monoisotopic (exact) mass is 249 g/mol. The molecule has 0 spiro atoms. The molecule has 0 radical (unpaired) electrons. The third kappa shape index (κ3) is 2.85. The van der Waals surface area contributed by atoms with Gasteiger partial charge >= 0.3 is 0 Å². The van der Waals surface area contributed by atoms with Gasteiger partial charge in [0.2, 0.25) is 0 Å². The predicted molar refractivity (Wildman–Crippen MR) is 72.8 cm³/mol. The van der Waals surface area contributed by atoms with Crippen LogP contribution in [0.5, 0.6) is 5.75 Å². The summed E-state index contributed by atoms with van der Waals surface area (Å²) in [6, 6.07) is 3.71. The molecule has 3 N–H and O–H groups in total. The molecule has 18 heavy (non-hydrogen) atoms. The maximum absolute atomic E-state index is 9.23. The van der Waals surface area contributed by atoms with Gasteiger partial charge in [-0.15, -0.1) is 0 Å².